The lowest BCUT2D eigenvalue weighted by molar-refractivity contribution is 0.293. The predicted molar refractivity (Wildman–Crippen MR) is 57.6 cm³/mol. The molecule has 0 bridgehead atoms. The van der Waals surface area contributed by atoms with Gasteiger partial charge in [-0.25, -0.2) is 0 Å². The summed E-state index contributed by atoms with van der Waals surface area (Å²) in [6.07, 6.45) is 1.23. The van der Waals surface area contributed by atoms with Crippen LogP contribution >= 0.6 is 11.6 Å². The summed E-state index contributed by atoms with van der Waals surface area (Å²) in [4.78, 5) is 0. The topological polar surface area (TPSA) is 40.5 Å². The molecule has 1 aromatic rings. The molecule has 0 aliphatic rings. The monoisotopic (exact) mass is 214 g/mol. The van der Waals surface area contributed by atoms with Gasteiger partial charge in [-0.15, -0.1) is 11.6 Å². The summed E-state index contributed by atoms with van der Waals surface area (Å²) in [5.74, 6) is 0.453. The molecule has 0 saturated carbocycles. The Bertz CT molecular complexity index is 287. The Hall–Kier alpha value is -0.570. The minimum absolute atomic E-state index is 0.117. The highest BCUT2D eigenvalue weighted by Crippen LogP contribution is 2.18. The summed E-state index contributed by atoms with van der Waals surface area (Å²) >= 11 is 5.80. The van der Waals surface area contributed by atoms with E-state index >= 15 is 0 Å². The number of hydrogen-bond donors (Lipinski definition) is 2. The van der Waals surface area contributed by atoms with E-state index in [4.69, 9.17) is 21.8 Å². The van der Waals surface area contributed by atoms with Gasteiger partial charge in [0.1, 0.15) is 0 Å². The van der Waals surface area contributed by atoms with Gasteiger partial charge in [0.2, 0.25) is 0 Å². The minimum atomic E-state index is 0.117. The van der Waals surface area contributed by atoms with Crippen molar-refractivity contribution in [2.45, 2.75) is 18.7 Å². The van der Waals surface area contributed by atoms with Crippen molar-refractivity contribution in [2.75, 3.05) is 13.2 Å². The molecule has 0 radical (unpaired) electrons. The number of aliphatic hydroxyl groups is 2. The maximum Gasteiger partial charge on any atom is 0.0476 e. The Balaban J connectivity index is 3.00. The zero-order valence-corrected chi connectivity index (χ0v) is 8.80. The highest BCUT2D eigenvalue weighted by molar-refractivity contribution is 6.17. The Morgan fingerprint density at radius 1 is 1.00 bits per heavy atom. The standard InChI is InChI=1S/C11H15ClO2/c12-8-10-3-1-2-9(4-6-13)11(10)5-7-14/h1-3,13-14H,4-8H2. The average molecular weight is 215 g/mol. The van der Waals surface area contributed by atoms with Crippen LogP contribution in [0.5, 0.6) is 0 Å². The molecule has 78 valence electrons. The summed E-state index contributed by atoms with van der Waals surface area (Å²) in [5, 5.41) is 17.8. The van der Waals surface area contributed by atoms with E-state index in [-0.39, 0.29) is 13.2 Å². The van der Waals surface area contributed by atoms with Crippen LogP contribution in [0.1, 0.15) is 16.7 Å². The maximum absolute atomic E-state index is 8.93. The normalized spacial score (nSPS) is 10.5. The van der Waals surface area contributed by atoms with Gasteiger partial charge in [-0.1, -0.05) is 18.2 Å². The summed E-state index contributed by atoms with van der Waals surface area (Å²) in [7, 11) is 0. The average Bonchev–Trinajstić information content (AvgIpc) is 2.21. The fourth-order valence-electron chi connectivity index (χ4n) is 1.60. The predicted octanol–water partition coefficient (Wildman–Crippen LogP) is 1.49. The van der Waals surface area contributed by atoms with Crippen molar-refractivity contribution < 1.29 is 10.2 Å². The SMILES string of the molecule is OCCc1cccc(CCl)c1CCO. The van der Waals surface area contributed by atoms with Crippen molar-refractivity contribution in [1.29, 1.82) is 0 Å². The lowest BCUT2D eigenvalue weighted by atomic mass is 9.97. The second kappa shape index (κ2) is 6.02. The summed E-state index contributed by atoms with van der Waals surface area (Å²) in [6.45, 7) is 0.247. The zero-order chi connectivity index (χ0) is 10.4. The highest BCUT2D eigenvalue weighted by atomic mass is 35.5. The molecule has 0 amide bonds. The van der Waals surface area contributed by atoms with Crippen LogP contribution in [0.25, 0.3) is 0 Å². The smallest absolute Gasteiger partial charge is 0.0476 e. The molecule has 0 unspecified atom stereocenters. The van der Waals surface area contributed by atoms with Gasteiger partial charge in [0.15, 0.2) is 0 Å². The largest absolute Gasteiger partial charge is 0.396 e. The molecule has 0 fully saturated rings. The zero-order valence-electron chi connectivity index (χ0n) is 8.04. The lowest BCUT2D eigenvalue weighted by Gasteiger charge is -2.11. The van der Waals surface area contributed by atoms with Crippen LogP contribution < -0.4 is 0 Å². The van der Waals surface area contributed by atoms with Crippen molar-refractivity contribution in [3.8, 4) is 0 Å². The van der Waals surface area contributed by atoms with E-state index in [0.29, 0.717) is 18.7 Å². The van der Waals surface area contributed by atoms with Crippen molar-refractivity contribution in [2.24, 2.45) is 0 Å². The van der Waals surface area contributed by atoms with E-state index in [1.165, 1.54) is 0 Å². The number of hydrogen-bond acceptors (Lipinski definition) is 2. The van der Waals surface area contributed by atoms with Gasteiger partial charge in [-0.05, 0) is 29.5 Å². The van der Waals surface area contributed by atoms with E-state index in [2.05, 4.69) is 0 Å². The third kappa shape index (κ3) is 2.71. The number of aliphatic hydroxyl groups excluding tert-OH is 2. The Kier molecular flexibility index (Phi) is 4.94. The number of benzene rings is 1. The second-order valence-corrected chi connectivity index (χ2v) is 3.40. The van der Waals surface area contributed by atoms with Crippen LogP contribution in [0.4, 0.5) is 0 Å². The van der Waals surface area contributed by atoms with Gasteiger partial charge in [0, 0.05) is 19.1 Å². The quantitative estimate of drug-likeness (QED) is 0.730. The first-order valence-electron chi connectivity index (χ1n) is 4.70. The van der Waals surface area contributed by atoms with E-state index in [0.717, 1.165) is 16.7 Å². The van der Waals surface area contributed by atoms with Crippen molar-refractivity contribution >= 4 is 11.6 Å². The lowest BCUT2D eigenvalue weighted by Crippen LogP contribution is -2.03. The van der Waals surface area contributed by atoms with Crippen LogP contribution in [0, 0.1) is 0 Å². The molecule has 0 spiro atoms. The summed E-state index contributed by atoms with van der Waals surface area (Å²) in [5.41, 5.74) is 3.21. The van der Waals surface area contributed by atoms with Crippen LogP contribution in [-0.4, -0.2) is 23.4 Å². The molecular weight excluding hydrogens is 200 g/mol. The van der Waals surface area contributed by atoms with Crippen molar-refractivity contribution in [3.05, 3.63) is 34.9 Å². The van der Waals surface area contributed by atoms with Crippen LogP contribution in [0.2, 0.25) is 0 Å². The van der Waals surface area contributed by atoms with Crippen LogP contribution in [0.3, 0.4) is 0 Å². The molecule has 0 aliphatic carbocycles. The number of halogens is 1. The molecule has 2 nitrogen and oxygen atoms in total. The fourth-order valence-corrected chi connectivity index (χ4v) is 1.85. The molecular formula is C11H15ClO2. The van der Waals surface area contributed by atoms with Gasteiger partial charge in [0.05, 0.1) is 0 Å². The first-order chi connectivity index (χ1) is 6.83. The molecule has 0 aliphatic heterocycles. The van der Waals surface area contributed by atoms with Gasteiger partial charge >= 0.3 is 0 Å². The van der Waals surface area contributed by atoms with E-state index in [1.807, 2.05) is 18.2 Å². The number of alkyl halides is 1. The molecule has 0 atom stereocenters. The van der Waals surface area contributed by atoms with E-state index < -0.39 is 0 Å². The third-order valence-electron chi connectivity index (χ3n) is 2.26. The van der Waals surface area contributed by atoms with Crippen molar-refractivity contribution in [1.82, 2.24) is 0 Å². The Labute approximate surface area is 89.1 Å². The maximum atomic E-state index is 8.93. The second-order valence-electron chi connectivity index (χ2n) is 3.14. The van der Waals surface area contributed by atoms with Crippen LogP contribution in [-0.2, 0) is 18.7 Å². The fraction of sp³-hybridized carbons (Fsp3) is 0.455. The van der Waals surface area contributed by atoms with E-state index in [9.17, 15) is 0 Å². The minimum Gasteiger partial charge on any atom is -0.396 e. The first-order valence-corrected chi connectivity index (χ1v) is 5.24. The molecule has 0 aromatic heterocycles. The highest BCUT2D eigenvalue weighted by Gasteiger charge is 2.06. The van der Waals surface area contributed by atoms with Crippen molar-refractivity contribution in [3.63, 3.8) is 0 Å². The first kappa shape index (κ1) is 11.5. The van der Waals surface area contributed by atoms with Gasteiger partial charge in [0.25, 0.3) is 0 Å². The summed E-state index contributed by atoms with van der Waals surface area (Å²) in [6, 6.07) is 5.86. The molecule has 3 heteroatoms. The van der Waals surface area contributed by atoms with Crippen LogP contribution in [0.15, 0.2) is 18.2 Å². The Morgan fingerprint density at radius 2 is 1.64 bits per heavy atom. The third-order valence-corrected chi connectivity index (χ3v) is 2.54. The molecule has 2 N–H and O–H groups in total. The van der Waals surface area contributed by atoms with Gasteiger partial charge < -0.3 is 10.2 Å². The molecule has 1 rings (SSSR count). The summed E-state index contributed by atoms with van der Waals surface area (Å²) < 4.78 is 0. The molecule has 0 heterocycles. The molecule has 0 saturated heterocycles. The van der Waals surface area contributed by atoms with Gasteiger partial charge in [-0.3, -0.25) is 0 Å². The Morgan fingerprint density at radius 3 is 2.21 bits per heavy atom. The van der Waals surface area contributed by atoms with E-state index in [1.54, 1.807) is 0 Å². The molecule has 14 heavy (non-hydrogen) atoms. The number of rotatable bonds is 5. The van der Waals surface area contributed by atoms with Gasteiger partial charge in [-0.2, -0.15) is 0 Å². The molecule has 1 aromatic carbocycles.